The highest BCUT2D eigenvalue weighted by molar-refractivity contribution is 5.97. The molecule has 0 spiro atoms. The van der Waals surface area contributed by atoms with Crippen LogP contribution in [-0.2, 0) is 11.4 Å². The molecule has 2 unspecified atom stereocenters. The summed E-state index contributed by atoms with van der Waals surface area (Å²) in [6.07, 6.45) is 0.452. The number of carbonyl (C=O) groups excluding carboxylic acids is 1. The molecule has 2 aromatic rings. The molecule has 8 nitrogen and oxygen atoms in total. The van der Waals surface area contributed by atoms with Crippen LogP contribution in [0, 0.1) is 12.8 Å². The normalized spacial score (nSPS) is 19.8. The van der Waals surface area contributed by atoms with Crippen molar-refractivity contribution in [1.29, 1.82) is 0 Å². The van der Waals surface area contributed by atoms with Crippen molar-refractivity contribution in [1.82, 2.24) is 15.0 Å². The maximum atomic E-state index is 12.9. The molecule has 1 saturated heterocycles. The summed E-state index contributed by atoms with van der Waals surface area (Å²) >= 11 is 0. The fourth-order valence-electron chi connectivity index (χ4n) is 3.02. The van der Waals surface area contributed by atoms with Gasteiger partial charge < -0.3 is 19.3 Å². The molecule has 1 N–H and O–H groups in total. The fourth-order valence-corrected chi connectivity index (χ4v) is 3.02. The lowest BCUT2D eigenvalue weighted by atomic mass is 10.0. The molecule has 2 atom stereocenters. The molecule has 1 fully saturated rings. The molecule has 25 heavy (non-hydrogen) atoms. The van der Waals surface area contributed by atoms with E-state index in [-0.39, 0.29) is 18.6 Å². The van der Waals surface area contributed by atoms with Crippen molar-refractivity contribution in [2.45, 2.75) is 32.9 Å². The third kappa shape index (κ3) is 3.47. The zero-order valence-electron chi connectivity index (χ0n) is 14.0. The summed E-state index contributed by atoms with van der Waals surface area (Å²) in [4.78, 5) is 29.8. The Morgan fingerprint density at radius 1 is 1.40 bits per heavy atom. The number of hydrogen-bond donors (Lipinski definition) is 1. The highest BCUT2D eigenvalue weighted by Gasteiger charge is 2.38. The van der Waals surface area contributed by atoms with Gasteiger partial charge in [0.1, 0.15) is 5.75 Å². The highest BCUT2D eigenvalue weighted by atomic mass is 16.5. The fraction of sp³-hybridized carbons (Fsp3) is 0.412. The van der Waals surface area contributed by atoms with Gasteiger partial charge in [0.25, 0.3) is 5.91 Å². The van der Waals surface area contributed by atoms with E-state index in [0.717, 1.165) is 0 Å². The molecule has 1 aromatic heterocycles. The van der Waals surface area contributed by atoms with Gasteiger partial charge in [-0.2, -0.15) is 4.98 Å². The number of ether oxygens (including phenoxy) is 1. The number of carbonyl (C=O) groups is 2. The summed E-state index contributed by atoms with van der Waals surface area (Å²) in [7, 11) is 0. The summed E-state index contributed by atoms with van der Waals surface area (Å²) in [6, 6.07) is 6.50. The number of nitrogens with zero attached hydrogens (tertiary/aromatic N) is 3. The minimum Gasteiger partial charge on any atom is -0.485 e. The molecule has 1 aliphatic heterocycles. The van der Waals surface area contributed by atoms with Crippen molar-refractivity contribution in [2.24, 2.45) is 5.92 Å². The van der Waals surface area contributed by atoms with Gasteiger partial charge in [-0.15, -0.1) is 0 Å². The Morgan fingerprint density at radius 2 is 2.16 bits per heavy atom. The van der Waals surface area contributed by atoms with Crippen LogP contribution in [0.2, 0.25) is 0 Å². The number of aryl methyl sites for hydroxylation is 1. The van der Waals surface area contributed by atoms with Gasteiger partial charge in [0.15, 0.2) is 6.61 Å². The van der Waals surface area contributed by atoms with Crippen LogP contribution in [0.1, 0.15) is 35.4 Å². The molecule has 2 heterocycles. The maximum Gasteiger partial charge on any atom is 0.308 e. The average molecular weight is 345 g/mol. The Kier molecular flexibility index (Phi) is 4.69. The van der Waals surface area contributed by atoms with E-state index in [9.17, 15) is 14.7 Å². The largest absolute Gasteiger partial charge is 0.485 e. The second-order valence-corrected chi connectivity index (χ2v) is 5.99. The number of hydrogen-bond acceptors (Lipinski definition) is 6. The van der Waals surface area contributed by atoms with Crippen molar-refractivity contribution < 1.29 is 24.0 Å². The first kappa shape index (κ1) is 16.9. The van der Waals surface area contributed by atoms with Gasteiger partial charge in [0.2, 0.25) is 11.7 Å². The molecular weight excluding hydrogens is 326 g/mol. The van der Waals surface area contributed by atoms with Crippen molar-refractivity contribution >= 4 is 11.9 Å². The SMILES string of the molecule is Cc1nc(COc2ccccc2C(=O)N2CCC(C(=O)O)C2C)no1. The number of amides is 1. The Morgan fingerprint density at radius 3 is 2.80 bits per heavy atom. The van der Waals surface area contributed by atoms with E-state index >= 15 is 0 Å². The van der Waals surface area contributed by atoms with E-state index in [2.05, 4.69) is 10.1 Å². The molecule has 8 heteroatoms. The lowest BCUT2D eigenvalue weighted by Crippen LogP contribution is -2.37. The number of rotatable bonds is 5. The molecule has 3 rings (SSSR count). The number of aliphatic carboxylic acids is 1. The molecule has 0 saturated carbocycles. The monoisotopic (exact) mass is 345 g/mol. The molecule has 132 valence electrons. The summed E-state index contributed by atoms with van der Waals surface area (Å²) < 4.78 is 10.6. The quantitative estimate of drug-likeness (QED) is 0.882. The van der Waals surface area contributed by atoms with Crippen LogP contribution in [-0.4, -0.2) is 44.6 Å². The van der Waals surface area contributed by atoms with E-state index in [1.807, 2.05) is 0 Å². The number of aromatic nitrogens is 2. The highest BCUT2D eigenvalue weighted by Crippen LogP contribution is 2.29. The molecule has 1 amide bonds. The van der Waals surface area contributed by atoms with Crippen LogP contribution in [0.15, 0.2) is 28.8 Å². The summed E-state index contributed by atoms with van der Waals surface area (Å²) in [5, 5.41) is 13.0. The van der Waals surface area contributed by atoms with Gasteiger partial charge in [-0.3, -0.25) is 9.59 Å². The van der Waals surface area contributed by atoms with Crippen molar-refractivity contribution in [3.05, 3.63) is 41.5 Å². The summed E-state index contributed by atoms with van der Waals surface area (Å²) in [5.41, 5.74) is 0.389. The van der Waals surface area contributed by atoms with E-state index in [0.29, 0.717) is 36.0 Å². The van der Waals surface area contributed by atoms with Gasteiger partial charge >= 0.3 is 5.97 Å². The Hall–Kier alpha value is -2.90. The predicted octanol–water partition coefficient (Wildman–Crippen LogP) is 1.89. The lowest BCUT2D eigenvalue weighted by Gasteiger charge is -2.24. The number of carboxylic acid groups (broad SMARTS) is 1. The molecule has 0 bridgehead atoms. The van der Waals surface area contributed by atoms with Crippen LogP contribution in [0.4, 0.5) is 0 Å². The number of likely N-dealkylation sites (tertiary alicyclic amines) is 1. The van der Waals surface area contributed by atoms with E-state index in [1.165, 1.54) is 0 Å². The minimum absolute atomic E-state index is 0.0783. The Balaban J connectivity index is 1.76. The van der Waals surface area contributed by atoms with Crippen LogP contribution in [0.5, 0.6) is 5.75 Å². The van der Waals surface area contributed by atoms with Crippen LogP contribution in [0.25, 0.3) is 0 Å². The number of carboxylic acids is 1. The zero-order valence-corrected chi connectivity index (χ0v) is 14.0. The number of para-hydroxylation sites is 1. The average Bonchev–Trinajstić information content (AvgIpc) is 3.18. The third-order valence-corrected chi connectivity index (χ3v) is 4.38. The Bertz CT molecular complexity index is 788. The van der Waals surface area contributed by atoms with Crippen molar-refractivity contribution in [2.75, 3.05) is 6.54 Å². The first-order valence-corrected chi connectivity index (χ1v) is 8.02. The van der Waals surface area contributed by atoms with E-state index in [4.69, 9.17) is 9.26 Å². The van der Waals surface area contributed by atoms with Crippen LogP contribution < -0.4 is 4.74 Å². The van der Waals surface area contributed by atoms with E-state index < -0.39 is 11.9 Å². The molecule has 1 aromatic carbocycles. The molecule has 0 radical (unpaired) electrons. The lowest BCUT2D eigenvalue weighted by molar-refractivity contribution is -0.142. The predicted molar refractivity (Wildman–Crippen MR) is 86.1 cm³/mol. The summed E-state index contributed by atoms with van der Waals surface area (Å²) in [6.45, 7) is 3.93. The molecular formula is C17H19N3O5. The van der Waals surface area contributed by atoms with Crippen molar-refractivity contribution in [3.8, 4) is 5.75 Å². The van der Waals surface area contributed by atoms with Crippen LogP contribution >= 0.6 is 0 Å². The zero-order chi connectivity index (χ0) is 18.0. The van der Waals surface area contributed by atoms with Crippen molar-refractivity contribution in [3.63, 3.8) is 0 Å². The third-order valence-electron chi connectivity index (χ3n) is 4.38. The Labute approximate surface area is 144 Å². The van der Waals surface area contributed by atoms with Gasteiger partial charge in [-0.25, -0.2) is 0 Å². The van der Waals surface area contributed by atoms with Gasteiger partial charge in [0.05, 0.1) is 11.5 Å². The first-order chi connectivity index (χ1) is 12.0. The van der Waals surface area contributed by atoms with Gasteiger partial charge in [-0.1, -0.05) is 17.3 Å². The summed E-state index contributed by atoms with van der Waals surface area (Å²) in [5.74, 6) is -0.426. The molecule has 0 aliphatic carbocycles. The first-order valence-electron chi connectivity index (χ1n) is 8.02. The smallest absolute Gasteiger partial charge is 0.308 e. The second kappa shape index (κ2) is 6.92. The standard InChI is InChI=1S/C17H19N3O5/c1-10-12(17(22)23)7-8-20(10)16(21)13-5-3-4-6-14(13)24-9-15-18-11(2)25-19-15/h3-6,10,12H,7-9H2,1-2H3,(H,22,23). The maximum absolute atomic E-state index is 12.9. The number of benzene rings is 1. The van der Waals surface area contributed by atoms with Crippen LogP contribution in [0.3, 0.4) is 0 Å². The molecule has 1 aliphatic rings. The topological polar surface area (TPSA) is 106 Å². The second-order valence-electron chi connectivity index (χ2n) is 5.99. The van der Waals surface area contributed by atoms with Gasteiger partial charge in [0, 0.05) is 19.5 Å². The van der Waals surface area contributed by atoms with E-state index in [1.54, 1.807) is 43.0 Å². The van der Waals surface area contributed by atoms with Gasteiger partial charge in [-0.05, 0) is 25.5 Å². The minimum atomic E-state index is -0.875.